The van der Waals surface area contributed by atoms with Crippen molar-refractivity contribution in [2.45, 2.75) is 39.5 Å². The second-order valence-corrected chi connectivity index (χ2v) is 8.35. The lowest BCUT2D eigenvalue weighted by atomic mass is 9.81. The zero-order valence-electron chi connectivity index (χ0n) is 16.3. The maximum atomic E-state index is 12.6. The van der Waals surface area contributed by atoms with Crippen molar-refractivity contribution in [3.8, 4) is 0 Å². The molecule has 0 aromatic heterocycles. The normalized spacial score (nSPS) is 28.0. The van der Waals surface area contributed by atoms with Crippen LogP contribution in [0.4, 0.5) is 0 Å². The minimum absolute atomic E-state index is 0.0424. The summed E-state index contributed by atoms with van der Waals surface area (Å²) in [7, 11) is 0. The molecular weight excluding hydrogens is 358 g/mol. The number of rotatable bonds is 6. The van der Waals surface area contributed by atoms with Crippen molar-refractivity contribution in [2.75, 3.05) is 13.2 Å². The SMILES string of the molecule is Cc1ccc(C(=O)COC(=O)CCN2C(=O)[C@@H]3[C@H]4CC[C@@H](C4)[C@H]3C2=O)cc1C. The van der Waals surface area contributed by atoms with Crippen molar-refractivity contribution in [3.05, 3.63) is 34.9 Å². The number of nitrogens with zero attached hydrogens (tertiary/aromatic N) is 1. The van der Waals surface area contributed by atoms with Gasteiger partial charge in [0.05, 0.1) is 18.3 Å². The molecule has 1 saturated heterocycles. The summed E-state index contributed by atoms with van der Waals surface area (Å²) in [5.74, 6) is -0.767. The molecule has 148 valence electrons. The van der Waals surface area contributed by atoms with Crippen molar-refractivity contribution in [2.24, 2.45) is 23.7 Å². The van der Waals surface area contributed by atoms with Crippen LogP contribution in [0.5, 0.6) is 0 Å². The molecule has 1 heterocycles. The highest BCUT2D eigenvalue weighted by Crippen LogP contribution is 2.56. The summed E-state index contributed by atoms with van der Waals surface area (Å²) in [5, 5.41) is 0. The lowest BCUT2D eigenvalue weighted by Crippen LogP contribution is -2.35. The minimum Gasteiger partial charge on any atom is -0.457 e. The fourth-order valence-corrected chi connectivity index (χ4v) is 5.11. The van der Waals surface area contributed by atoms with Crippen molar-refractivity contribution in [3.63, 3.8) is 0 Å². The number of esters is 1. The third-order valence-electron chi connectivity index (χ3n) is 6.75. The van der Waals surface area contributed by atoms with E-state index in [0.717, 1.165) is 30.4 Å². The molecule has 2 saturated carbocycles. The summed E-state index contributed by atoms with van der Waals surface area (Å²) in [4.78, 5) is 50.7. The van der Waals surface area contributed by atoms with E-state index in [1.54, 1.807) is 12.1 Å². The maximum Gasteiger partial charge on any atom is 0.308 e. The van der Waals surface area contributed by atoms with E-state index < -0.39 is 5.97 Å². The Bertz CT molecular complexity index is 832. The number of ketones is 1. The molecule has 1 aromatic carbocycles. The van der Waals surface area contributed by atoms with Gasteiger partial charge in [-0.05, 0) is 62.1 Å². The smallest absolute Gasteiger partial charge is 0.308 e. The number of carbonyl (C=O) groups is 4. The van der Waals surface area contributed by atoms with Crippen LogP contribution in [0.15, 0.2) is 18.2 Å². The molecule has 2 aliphatic carbocycles. The Morgan fingerprint density at radius 3 is 2.29 bits per heavy atom. The first-order valence-corrected chi connectivity index (χ1v) is 9.98. The van der Waals surface area contributed by atoms with Gasteiger partial charge in [0.25, 0.3) is 0 Å². The first-order chi connectivity index (χ1) is 13.4. The number of ether oxygens (including phenoxy) is 1. The molecule has 2 amide bonds. The van der Waals surface area contributed by atoms with Crippen molar-refractivity contribution >= 4 is 23.6 Å². The fraction of sp³-hybridized carbons (Fsp3) is 0.545. The molecule has 28 heavy (non-hydrogen) atoms. The number of benzene rings is 1. The topological polar surface area (TPSA) is 80.8 Å². The minimum atomic E-state index is -0.571. The highest BCUT2D eigenvalue weighted by molar-refractivity contribution is 6.06. The predicted octanol–water partition coefficient (Wildman–Crippen LogP) is 2.45. The zero-order chi connectivity index (χ0) is 20.0. The van der Waals surface area contributed by atoms with Gasteiger partial charge < -0.3 is 4.74 Å². The molecule has 4 atom stereocenters. The van der Waals surface area contributed by atoms with Crippen molar-refractivity contribution in [1.29, 1.82) is 0 Å². The molecule has 1 aliphatic heterocycles. The van der Waals surface area contributed by atoms with E-state index in [4.69, 9.17) is 4.74 Å². The fourth-order valence-electron chi connectivity index (χ4n) is 5.11. The predicted molar refractivity (Wildman–Crippen MR) is 100 cm³/mol. The molecule has 4 rings (SSSR count). The number of Topliss-reactive ketones (excluding diaryl/α,β-unsaturated/α-hetero) is 1. The van der Waals surface area contributed by atoms with Crippen LogP contribution in [0.3, 0.4) is 0 Å². The molecule has 3 aliphatic rings. The van der Waals surface area contributed by atoms with Gasteiger partial charge in [-0.25, -0.2) is 0 Å². The van der Waals surface area contributed by atoms with Crippen molar-refractivity contribution in [1.82, 2.24) is 4.90 Å². The van der Waals surface area contributed by atoms with Gasteiger partial charge in [-0.3, -0.25) is 24.1 Å². The lowest BCUT2D eigenvalue weighted by molar-refractivity contribution is -0.145. The van der Waals surface area contributed by atoms with E-state index in [9.17, 15) is 19.2 Å². The largest absolute Gasteiger partial charge is 0.457 e. The van der Waals surface area contributed by atoms with Crippen molar-refractivity contribution < 1.29 is 23.9 Å². The molecular formula is C22H25NO5. The van der Waals surface area contributed by atoms with E-state index in [1.165, 1.54) is 4.90 Å². The van der Waals surface area contributed by atoms with E-state index in [2.05, 4.69) is 0 Å². The second kappa shape index (κ2) is 7.15. The number of imide groups is 1. The third kappa shape index (κ3) is 3.15. The monoisotopic (exact) mass is 383 g/mol. The first-order valence-electron chi connectivity index (χ1n) is 9.98. The summed E-state index contributed by atoms with van der Waals surface area (Å²) in [5.41, 5.74) is 2.60. The molecule has 0 N–H and O–H groups in total. The van der Waals surface area contributed by atoms with Crippen LogP contribution < -0.4 is 0 Å². The van der Waals surface area contributed by atoms with Crippen LogP contribution in [0.25, 0.3) is 0 Å². The molecule has 2 bridgehead atoms. The summed E-state index contributed by atoms with van der Waals surface area (Å²) in [6, 6.07) is 5.35. The highest BCUT2D eigenvalue weighted by atomic mass is 16.5. The summed E-state index contributed by atoms with van der Waals surface area (Å²) >= 11 is 0. The maximum absolute atomic E-state index is 12.6. The van der Waals surface area contributed by atoms with Gasteiger partial charge in [0.2, 0.25) is 11.8 Å². The van der Waals surface area contributed by atoms with Gasteiger partial charge >= 0.3 is 5.97 Å². The van der Waals surface area contributed by atoms with Crippen LogP contribution in [0, 0.1) is 37.5 Å². The molecule has 1 aromatic rings. The number of hydrogen-bond donors (Lipinski definition) is 0. The van der Waals surface area contributed by atoms with Gasteiger partial charge in [0.15, 0.2) is 12.4 Å². The lowest BCUT2D eigenvalue weighted by Gasteiger charge is -2.19. The molecule has 6 nitrogen and oxygen atoms in total. The summed E-state index contributed by atoms with van der Waals surface area (Å²) in [6.07, 6.45) is 2.97. The van der Waals surface area contributed by atoms with Crippen LogP contribution in [-0.4, -0.2) is 41.6 Å². The molecule has 6 heteroatoms. The Kier molecular flexibility index (Phi) is 4.81. The average molecular weight is 383 g/mol. The number of aryl methyl sites for hydroxylation is 2. The van der Waals surface area contributed by atoms with Crippen LogP contribution >= 0.6 is 0 Å². The molecule has 0 unspecified atom stereocenters. The number of fused-ring (bicyclic) bond motifs is 5. The molecule has 0 radical (unpaired) electrons. The van der Waals surface area contributed by atoms with Gasteiger partial charge in [-0.2, -0.15) is 0 Å². The Labute approximate surface area is 164 Å². The van der Waals surface area contributed by atoms with Crippen LogP contribution in [0.2, 0.25) is 0 Å². The average Bonchev–Trinajstić information content (AvgIpc) is 3.35. The molecule has 3 fully saturated rings. The summed E-state index contributed by atoms with van der Waals surface area (Å²) in [6.45, 7) is 3.59. The zero-order valence-corrected chi connectivity index (χ0v) is 16.3. The number of likely N-dealkylation sites (tertiary alicyclic amines) is 1. The standard InChI is InChI=1S/C22H25NO5/c1-12-3-4-14(9-13(12)2)17(24)11-28-18(25)7-8-23-21(26)19-15-5-6-16(10-15)20(19)22(23)27/h3-4,9,15-16,19-20H,5-8,10-11H2,1-2H3/t15-,16-,19+,20+/m0/s1. The van der Waals surface area contributed by atoms with Gasteiger partial charge in [0, 0.05) is 12.1 Å². The number of amides is 2. The van der Waals surface area contributed by atoms with Gasteiger partial charge in [-0.15, -0.1) is 0 Å². The summed E-state index contributed by atoms with van der Waals surface area (Å²) < 4.78 is 5.07. The Morgan fingerprint density at radius 2 is 1.68 bits per heavy atom. The number of carbonyl (C=O) groups excluding carboxylic acids is 4. The van der Waals surface area contributed by atoms with Gasteiger partial charge in [0.1, 0.15) is 0 Å². The van der Waals surface area contributed by atoms with Crippen LogP contribution in [0.1, 0.15) is 47.2 Å². The quantitative estimate of drug-likeness (QED) is 0.428. The third-order valence-corrected chi connectivity index (χ3v) is 6.75. The Balaban J connectivity index is 1.28. The Hall–Kier alpha value is -2.50. The van der Waals surface area contributed by atoms with E-state index in [1.807, 2.05) is 19.9 Å². The van der Waals surface area contributed by atoms with E-state index >= 15 is 0 Å². The number of hydrogen-bond acceptors (Lipinski definition) is 5. The van der Waals surface area contributed by atoms with E-state index in [-0.39, 0.29) is 49.0 Å². The molecule has 0 spiro atoms. The van der Waals surface area contributed by atoms with E-state index in [0.29, 0.717) is 17.4 Å². The first kappa shape index (κ1) is 18.8. The highest BCUT2D eigenvalue weighted by Gasteiger charge is 2.60. The Morgan fingerprint density at radius 1 is 1.04 bits per heavy atom. The van der Waals surface area contributed by atoms with Gasteiger partial charge in [-0.1, -0.05) is 12.1 Å². The van der Waals surface area contributed by atoms with Crippen LogP contribution in [-0.2, 0) is 19.1 Å². The second-order valence-electron chi connectivity index (χ2n) is 8.35.